The SMILES string of the molecule is CCOc1cc(Cc2cnc(N)nc2N)cc2c1OC(C)(C)C=C2c1ccc(NC(=O)OC(C)(C)C)cc1. The highest BCUT2D eigenvalue weighted by Gasteiger charge is 2.30. The van der Waals surface area contributed by atoms with Crippen LogP contribution in [0.2, 0.25) is 0 Å². The van der Waals surface area contributed by atoms with E-state index in [2.05, 4.69) is 27.4 Å². The summed E-state index contributed by atoms with van der Waals surface area (Å²) < 4.78 is 17.8. The van der Waals surface area contributed by atoms with Crippen LogP contribution in [-0.4, -0.2) is 33.9 Å². The molecule has 1 amide bonds. The molecule has 9 nitrogen and oxygen atoms in total. The first-order valence-corrected chi connectivity index (χ1v) is 12.5. The van der Waals surface area contributed by atoms with Gasteiger partial charge >= 0.3 is 6.09 Å². The highest BCUT2D eigenvalue weighted by atomic mass is 16.6. The summed E-state index contributed by atoms with van der Waals surface area (Å²) in [7, 11) is 0. The van der Waals surface area contributed by atoms with Crippen LogP contribution >= 0.6 is 0 Å². The van der Waals surface area contributed by atoms with Crippen LogP contribution in [0.4, 0.5) is 22.2 Å². The number of aromatic nitrogens is 2. The average Bonchev–Trinajstić information content (AvgIpc) is 2.80. The van der Waals surface area contributed by atoms with Crippen LogP contribution in [0.1, 0.15) is 63.8 Å². The number of rotatable bonds is 6. The average molecular weight is 518 g/mol. The Morgan fingerprint density at radius 2 is 1.84 bits per heavy atom. The number of carbonyl (C=O) groups excluding carboxylic acids is 1. The molecule has 2 aromatic carbocycles. The number of nitrogens with zero attached hydrogens (tertiary/aromatic N) is 2. The maximum atomic E-state index is 12.2. The largest absolute Gasteiger partial charge is 0.490 e. The summed E-state index contributed by atoms with van der Waals surface area (Å²) in [6, 6.07) is 11.7. The van der Waals surface area contributed by atoms with Crippen molar-refractivity contribution in [3.05, 3.63) is 70.9 Å². The molecule has 5 N–H and O–H groups in total. The topological polar surface area (TPSA) is 135 Å². The molecular formula is C29H35N5O4. The van der Waals surface area contributed by atoms with E-state index in [0.717, 1.165) is 27.8 Å². The van der Waals surface area contributed by atoms with E-state index in [1.165, 1.54) is 0 Å². The van der Waals surface area contributed by atoms with Crippen molar-refractivity contribution < 1.29 is 19.0 Å². The van der Waals surface area contributed by atoms with Crippen molar-refractivity contribution in [3.63, 3.8) is 0 Å². The maximum Gasteiger partial charge on any atom is 0.412 e. The van der Waals surface area contributed by atoms with E-state index in [1.54, 1.807) is 6.20 Å². The molecule has 200 valence electrons. The molecule has 1 aliphatic heterocycles. The lowest BCUT2D eigenvalue weighted by molar-refractivity contribution is 0.0636. The van der Waals surface area contributed by atoms with Crippen LogP contribution in [0.15, 0.2) is 48.7 Å². The minimum absolute atomic E-state index is 0.136. The van der Waals surface area contributed by atoms with Crippen LogP contribution in [0.5, 0.6) is 11.5 Å². The van der Waals surface area contributed by atoms with Crippen LogP contribution in [0.3, 0.4) is 0 Å². The van der Waals surface area contributed by atoms with Crippen LogP contribution in [-0.2, 0) is 11.2 Å². The zero-order chi connectivity index (χ0) is 27.7. The molecule has 38 heavy (non-hydrogen) atoms. The molecule has 0 fully saturated rings. The first kappa shape index (κ1) is 26.8. The quantitative estimate of drug-likeness (QED) is 0.386. The Kier molecular flexibility index (Phi) is 7.22. The van der Waals surface area contributed by atoms with Crippen molar-refractivity contribution in [2.45, 2.75) is 59.2 Å². The first-order chi connectivity index (χ1) is 17.8. The molecule has 1 aliphatic rings. The van der Waals surface area contributed by atoms with Gasteiger partial charge in [0, 0.05) is 29.4 Å². The minimum atomic E-state index is -0.578. The van der Waals surface area contributed by atoms with Gasteiger partial charge in [-0.3, -0.25) is 5.32 Å². The number of fused-ring (bicyclic) bond motifs is 1. The second-order valence-corrected chi connectivity index (χ2v) is 10.7. The number of hydrogen-bond donors (Lipinski definition) is 3. The number of nitrogen functional groups attached to an aromatic ring is 2. The predicted octanol–water partition coefficient (Wildman–Crippen LogP) is 5.58. The fourth-order valence-electron chi connectivity index (χ4n) is 4.23. The summed E-state index contributed by atoms with van der Waals surface area (Å²) in [4.78, 5) is 20.4. The van der Waals surface area contributed by atoms with Crippen LogP contribution < -0.4 is 26.3 Å². The van der Waals surface area contributed by atoms with Gasteiger partial charge in [-0.25, -0.2) is 9.78 Å². The number of anilines is 3. The van der Waals surface area contributed by atoms with Crippen molar-refractivity contribution in [1.29, 1.82) is 0 Å². The van der Waals surface area contributed by atoms with Crippen molar-refractivity contribution in [2.24, 2.45) is 0 Å². The Morgan fingerprint density at radius 1 is 1.13 bits per heavy atom. The fraction of sp³-hybridized carbons (Fsp3) is 0.345. The first-order valence-electron chi connectivity index (χ1n) is 12.5. The lowest BCUT2D eigenvalue weighted by Gasteiger charge is -2.33. The van der Waals surface area contributed by atoms with Crippen molar-refractivity contribution in [1.82, 2.24) is 9.97 Å². The molecule has 9 heteroatoms. The molecule has 1 aromatic heterocycles. The summed E-state index contributed by atoms with van der Waals surface area (Å²) in [6.45, 7) is 11.9. The number of ether oxygens (including phenoxy) is 3. The highest BCUT2D eigenvalue weighted by molar-refractivity contribution is 5.88. The van der Waals surface area contributed by atoms with E-state index >= 15 is 0 Å². The van der Waals surface area contributed by atoms with Gasteiger partial charge in [-0.2, -0.15) is 4.98 Å². The lowest BCUT2D eigenvalue weighted by atomic mass is 9.88. The second kappa shape index (κ2) is 10.2. The standard InChI is InChI=1S/C29H35N5O4/c1-7-36-23-14-17(12-19-16-32-26(31)34-25(19)30)13-21-22(15-29(5,6)37-24(21)23)18-8-10-20(11-9-18)33-27(35)38-28(2,3)4/h8-11,13-16H,7,12H2,1-6H3,(H,33,35)(H4,30,31,32,34). The van der Waals surface area contributed by atoms with Gasteiger partial charge in [0.25, 0.3) is 0 Å². The Morgan fingerprint density at radius 3 is 2.47 bits per heavy atom. The molecule has 0 saturated carbocycles. The number of carbonyl (C=O) groups is 1. The molecule has 0 bridgehead atoms. The summed E-state index contributed by atoms with van der Waals surface area (Å²) >= 11 is 0. The number of hydrogen-bond acceptors (Lipinski definition) is 8. The molecule has 2 heterocycles. The Hall–Kier alpha value is -4.27. The van der Waals surface area contributed by atoms with Crippen LogP contribution in [0.25, 0.3) is 5.57 Å². The van der Waals surface area contributed by atoms with Crippen molar-refractivity contribution >= 4 is 29.1 Å². The summed E-state index contributed by atoms with van der Waals surface area (Å²) in [5.74, 6) is 1.80. The normalized spacial score (nSPS) is 14.1. The van der Waals surface area contributed by atoms with Gasteiger partial charge in [-0.05, 0) is 88.6 Å². The smallest absolute Gasteiger partial charge is 0.412 e. The Bertz CT molecular complexity index is 1370. The Labute approximate surface area is 223 Å². The monoisotopic (exact) mass is 517 g/mol. The summed E-state index contributed by atoms with van der Waals surface area (Å²) in [6.07, 6.45) is 3.73. The van der Waals surface area contributed by atoms with Gasteiger partial charge in [0.1, 0.15) is 17.0 Å². The maximum absolute atomic E-state index is 12.2. The lowest BCUT2D eigenvalue weighted by Crippen LogP contribution is -2.29. The van der Waals surface area contributed by atoms with E-state index in [1.807, 2.05) is 71.9 Å². The van der Waals surface area contributed by atoms with Gasteiger partial charge in [0.15, 0.2) is 11.5 Å². The minimum Gasteiger partial charge on any atom is -0.490 e. The molecule has 0 radical (unpaired) electrons. The molecule has 4 rings (SSSR count). The highest BCUT2D eigenvalue weighted by Crippen LogP contribution is 2.46. The third-order valence-electron chi connectivity index (χ3n) is 5.71. The molecule has 0 spiro atoms. The zero-order valence-electron chi connectivity index (χ0n) is 22.7. The molecule has 0 unspecified atom stereocenters. The number of benzene rings is 2. The fourth-order valence-corrected chi connectivity index (χ4v) is 4.23. The molecule has 0 atom stereocenters. The van der Waals surface area contributed by atoms with E-state index in [0.29, 0.717) is 36.0 Å². The third-order valence-corrected chi connectivity index (χ3v) is 5.71. The number of amides is 1. The molecule has 3 aromatic rings. The van der Waals surface area contributed by atoms with E-state index in [4.69, 9.17) is 25.7 Å². The molecule has 0 saturated heterocycles. The van der Waals surface area contributed by atoms with Gasteiger partial charge in [0.2, 0.25) is 5.95 Å². The van der Waals surface area contributed by atoms with Crippen molar-refractivity contribution in [2.75, 3.05) is 23.4 Å². The zero-order valence-corrected chi connectivity index (χ0v) is 22.7. The van der Waals surface area contributed by atoms with Gasteiger partial charge in [-0.1, -0.05) is 12.1 Å². The van der Waals surface area contributed by atoms with E-state index in [-0.39, 0.29) is 5.95 Å². The van der Waals surface area contributed by atoms with E-state index in [9.17, 15) is 4.79 Å². The van der Waals surface area contributed by atoms with Crippen LogP contribution in [0, 0.1) is 0 Å². The predicted molar refractivity (Wildman–Crippen MR) is 149 cm³/mol. The number of nitrogens with two attached hydrogens (primary N) is 2. The number of nitrogens with one attached hydrogen (secondary N) is 1. The van der Waals surface area contributed by atoms with Gasteiger partial charge < -0.3 is 25.7 Å². The van der Waals surface area contributed by atoms with E-state index < -0.39 is 17.3 Å². The summed E-state index contributed by atoms with van der Waals surface area (Å²) in [5, 5.41) is 2.78. The molecule has 0 aliphatic carbocycles. The second-order valence-electron chi connectivity index (χ2n) is 10.7. The van der Waals surface area contributed by atoms with Gasteiger partial charge in [0.05, 0.1) is 6.61 Å². The summed E-state index contributed by atoms with van der Waals surface area (Å²) in [5.41, 5.74) is 15.8. The third kappa shape index (κ3) is 6.34. The van der Waals surface area contributed by atoms with Gasteiger partial charge in [-0.15, -0.1) is 0 Å². The van der Waals surface area contributed by atoms with Crippen molar-refractivity contribution in [3.8, 4) is 11.5 Å². The Balaban J connectivity index is 1.72. The molecular weight excluding hydrogens is 482 g/mol.